The van der Waals surface area contributed by atoms with Crippen molar-refractivity contribution >= 4 is 6.21 Å². The smallest absolute Gasteiger partial charge is 0.0472 e. The van der Waals surface area contributed by atoms with Crippen LogP contribution >= 0.6 is 0 Å². The second kappa shape index (κ2) is 11.9. The molecule has 1 aliphatic heterocycles. The Hall–Kier alpha value is -1.05. The topological polar surface area (TPSA) is 24.4 Å². The molecule has 2 heteroatoms. The van der Waals surface area contributed by atoms with Gasteiger partial charge in [-0.2, -0.15) is 5.10 Å². The molecule has 0 saturated heterocycles. The van der Waals surface area contributed by atoms with Crippen LogP contribution in [0, 0.1) is 0 Å². The molecule has 0 aromatic heterocycles. The van der Waals surface area contributed by atoms with Crippen LogP contribution in [0.15, 0.2) is 29.5 Å². The minimum Gasteiger partial charge on any atom is -0.286 e. The van der Waals surface area contributed by atoms with E-state index in [1.54, 1.807) is 12.4 Å². The van der Waals surface area contributed by atoms with E-state index in [2.05, 4.69) is 24.4 Å². The Morgan fingerprint density at radius 1 is 0.929 bits per heavy atom. The summed E-state index contributed by atoms with van der Waals surface area (Å²) in [6.07, 6.45) is 16.1. The Morgan fingerprint density at radius 3 is 2.29 bits per heavy atom. The van der Waals surface area contributed by atoms with Crippen LogP contribution in [0.1, 0.15) is 46.0 Å². The molecule has 0 fully saturated rings. The molecule has 0 aromatic carbocycles. The standard InChI is InChI=1S/C7H16.C5H6N2/c1-3-5-7-6-4-2;1-2-4-6-7-5-3-1/h3-7H2,1-2H3;1-6H. The molecular formula is C12H22N2. The number of unbranched alkanes of at least 4 members (excludes halogenated alkanes) is 4. The van der Waals surface area contributed by atoms with Gasteiger partial charge in [-0.05, 0) is 12.2 Å². The number of hydrogen-bond donors (Lipinski definition) is 1. The van der Waals surface area contributed by atoms with Crippen LogP contribution in [-0.2, 0) is 0 Å². The molecular weight excluding hydrogens is 172 g/mol. The minimum atomic E-state index is 1.36. The van der Waals surface area contributed by atoms with Crippen LogP contribution < -0.4 is 5.43 Å². The van der Waals surface area contributed by atoms with Crippen molar-refractivity contribution in [2.45, 2.75) is 46.0 Å². The van der Waals surface area contributed by atoms with Crippen LogP contribution in [0.4, 0.5) is 0 Å². The first-order valence-electron chi connectivity index (χ1n) is 5.52. The van der Waals surface area contributed by atoms with Crippen molar-refractivity contribution in [3.05, 3.63) is 24.4 Å². The van der Waals surface area contributed by atoms with E-state index in [0.717, 1.165) is 0 Å². The summed E-state index contributed by atoms with van der Waals surface area (Å²) in [4.78, 5) is 0. The Kier molecular flexibility index (Phi) is 11.1. The van der Waals surface area contributed by atoms with E-state index >= 15 is 0 Å². The Balaban J connectivity index is 0.000000241. The molecule has 80 valence electrons. The number of hydrogen-bond acceptors (Lipinski definition) is 2. The number of nitrogens with one attached hydrogen (secondary N) is 1. The predicted octanol–water partition coefficient (Wildman–Crippen LogP) is 3.62. The summed E-state index contributed by atoms with van der Waals surface area (Å²) in [5, 5.41) is 3.72. The number of nitrogens with zero attached hydrogens (tertiary/aromatic N) is 1. The molecule has 0 spiro atoms. The Bertz CT molecular complexity index is 163. The van der Waals surface area contributed by atoms with Gasteiger partial charge < -0.3 is 0 Å². The first kappa shape index (κ1) is 12.9. The van der Waals surface area contributed by atoms with Crippen LogP contribution in [0.2, 0.25) is 0 Å². The van der Waals surface area contributed by atoms with Gasteiger partial charge >= 0.3 is 0 Å². The fourth-order valence-electron chi connectivity index (χ4n) is 1.02. The van der Waals surface area contributed by atoms with Crippen LogP contribution in [0.5, 0.6) is 0 Å². The molecule has 0 aromatic rings. The van der Waals surface area contributed by atoms with Gasteiger partial charge in [-0.1, -0.05) is 52.0 Å². The Labute approximate surface area is 87.8 Å². The Morgan fingerprint density at radius 2 is 1.64 bits per heavy atom. The van der Waals surface area contributed by atoms with E-state index in [-0.39, 0.29) is 0 Å². The summed E-state index contributed by atoms with van der Waals surface area (Å²) < 4.78 is 0. The molecule has 0 unspecified atom stereocenters. The lowest BCUT2D eigenvalue weighted by Crippen LogP contribution is -1.89. The molecule has 1 N–H and O–H groups in total. The zero-order valence-electron chi connectivity index (χ0n) is 9.37. The molecule has 2 nitrogen and oxygen atoms in total. The van der Waals surface area contributed by atoms with Gasteiger partial charge in [-0.15, -0.1) is 0 Å². The average Bonchev–Trinajstić information content (AvgIpc) is 2.51. The third kappa shape index (κ3) is 11.0. The number of allylic oxidation sites excluding steroid dienone is 3. The highest BCUT2D eigenvalue weighted by molar-refractivity contribution is 5.71. The lowest BCUT2D eigenvalue weighted by Gasteiger charge is -1.90. The van der Waals surface area contributed by atoms with Gasteiger partial charge in [0.25, 0.3) is 0 Å². The second-order valence-electron chi connectivity index (χ2n) is 3.21. The highest BCUT2D eigenvalue weighted by Crippen LogP contribution is 2.00. The minimum absolute atomic E-state index is 1.36. The van der Waals surface area contributed by atoms with Gasteiger partial charge in [-0.25, -0.2) is 0 Å². The van der Waals surface area contributed by atoms with Crippen molar-refractivity contribution in [1.29, 1.82) is 0 Å². The van der Waals surface area contributed by atoms with Crippen molar-refractivity contribution in [2.75, 3.05) is 0 Å². The van der Waals surface area contributed by atoms with E-state index in [9.17, 15) is 0 Å². The molecule has 14 heavy (non-hydrogen) atoms. The average molecular weight is 194 g/mol. The molecule has 1 rings (SSSR count). The molecule has 0 aliphatic carbocycles. The van der Waals surface area contributed by atoms with E-state index in [1.807, 2.05) is 18.2 Å². The summed E-state index contributed by atoms with van der Waals surface area (Å²) >= 11 is 0. The van der Waals surface area contributed by atoms with Crippen LogP contribution in [0.25, 0.3) is 0 Å². The van der Waals surface area contributed by atoms with Crippen molar-refractivity contribution in [1.82, 2.24) is 5.43 Å². The first-order chi connectivity index (χ1) is 6.91. The summed E-state index contributed by atoms with van der Waals surface area (Å²) in [5.41, 5.74) is 2.67. The quantitative estimate of drug-likeness (QED) is 0.679. The van der Waals surface area contributed by atoms with E-state index < -0.39 is 0 Å². The number of hydrazone groups is 1. The summed E-state index contributed by atoms with van der Waals surface area (Å²) in [6.45, 7) is 4.49. The third-order valence-corrected chi connectivity index (χ3v) is 1.84. The fraction of sp³-hybridized carbons (Fsp3) is 0.583. The maximum Gasteiger partial charge on any atom is 0.0472 e. The maximum absolute atomic E-state index is 3.72. The highest BCUT2D eigenvalue weighted by atomic mass is 15.3. The SMILES string of the molecule is C1=CC=NNC=C1.CCCCCCC. The van der Waals surface area contributed by atoms with Crippen molar-refractivity contribution in [3.8, 4) is 0 Å². The van der Waals surface area contributed by atoms with Gasteiger partial charge in [0.15, 0.2) is 0 Å². The zero-order valence-corrected chi connectivity index (χ0v) is 9.37. The lowest BCUT2D eigenvalue weighted by atomic mass is 10.2. The van der Waals surface area contributed by atoms with Gasteiger partial charge in [0, 0.05) is 12.4 Å². The molecule has 0 atom stereocenters. The molecule has 0 amide bonds. The highest BCUT2D eigenvalue weighted by Gasteiger charge is 1.80. The predicted molar refractivity (Wildman–Crippen MR) is 64.3 cm³/mol. The monoisotopic (exact) mass is 194 g/mol. The van der Waals surface area contributed by atoms with Crippen molar-refractivity contribution in [2.24, 2.45) is 5.10 Å². The normalized spacial score (nSPS) is 12.7. The van der Waals surface area contributed by atoms with Crippen molar-refractivity contribution < 1.29 is 0 Å². The van der Waals surface area contributed by atoms with Crippen molar-refractivity contribution in [3.63, 3.8) is 0 Å². The van der Waals surface area contributed by atoms with Gasteiger partial charge in [-0.3, -0.25) is 5.43 Å². The second-order valence-corrected chi connectivity index (χ2v) is 3.21. The molecule has 1 aliphatic rings. The van der Waals surface area contributed by atoms with Crippen LogP contribution in [0.3, 0.4) is 0 Å². The molecule has 0 bridgehead atoms. The lowest BCUT2D eigenvalue weighted by molar-refractivity contribution is 0.656. The molecule has 1 heterocycles. The third-order valence-electron chi connectivity index (χ3n) is 1.84. The largest absolute Gasteiger partial charge is 0.286 e. The molecule has 0 radical (unpaired) electrons. The summed E-state index contributed by atoms with van der Waals surface area (Å²) in [5.74, 6) is 0. The molecule has 0 saturated carbocycles. The number of rotatable bonds is 4. The van der Waals surface area contributed by atoms with Gasteiger partial charge in [0.1, 0.15) is 0 Å². The maximum atomic E-state index is 3.72. The first-order valence-corrected chi connectivity index (χ1v) is 5.52. The summed E-state index contributed by atoms with van der Waals surface area (Å²) in [7, 11) is 0. The van der Waals surface area contributed by atoms with E-state index in [1.165, 1.54) is 32.1 Å². The zero-order chi connectivity index (χ0) is 10.5. The fourth-order valence-corrected chi connectivity index (χ4v) is 1.02. The van der Waals surface area contributed by atoms with E-state index in [0.29, 0.717) is 0 Å². The van der Waals surface area contributed by atoms with Gasteiger partial charge in [0.2, 0.25) is 0 Å². The van der Waals surface area contributed by atoms with E-state index in [4.69, 9.17) is 0 Å². The van der Waals surface area contributed by atoms with Crippen LogP contribution in [-0.4, -0.2) is 6.21 Å². The van der Waals surface area contributed by atoms with Gasteiger partial charge in [0.05, 0.1) is 0 Å². The summed E-state index contributed by atoms with van der Waals surface area (Å²) in [6, 6.07) is 0.